The van der Waals surface area contributed by atoms with Crippen molar-refractivity contribution in [3.63, 3.8) is 0 Å². The summed E-state index contributed by atoms with van der Waals surface area (Å²) in [5.41, 5.74) is 0.849. The summed E-state index contributed by atoms with van der Waals surface area (Å²) in [7, 11) is -4.25. The van der Waals surface area contributed by atoms with E-state index >= 15 is 0 Å². The van der Waals surface area contributed by atoms with E-state index in [0.29, 0.717) is 0 Å². The number of aromatic nitrogens is 1. The zero-order chi connectivity index (χ0) is 20.7. The molecule has 0 bridgehead atoms. The van der Waals surface area contributed by atoms with Crippen LogP contribution in [-0.2, 0) is 10.0 Å². The summed E-state index contributed by atoms with van der Waals surface area (Å²) in [4.78, 5) is -0.688. The van der Waals surface area contributed by atoms with Crippen LogP contribution in [0.15, 0.2) is 51.9 Å². The highest BCUT2D eigenvalue weighted by Gasteiger charge is 2.31. The van der Waals surface area contributed by atoms with Gasteiger partial charge < -0.3 is 9.26 Å². The van der Waals surface area contributed by atoms with Crippen molar-refractivity contribution in [2.45, 2.75) is 18.2 Å². The number of nitrogens with zero attached hydrogens (tertiary/aromatic N) is 1. The number of alkyl halides is 3. The van der Waals surface area contributed by atoms with E-state index in [1.807, 2.05) is 0 Å². The van der Waals surface area contributed by atoms with Gasteiger partial charge in [-0.3, -0.25) is 0 Å². The molecule has 3 aromatic rings. The standard InChI is InChI=1S/C17H12F4N2O4S/c1-9-15(10-5-6-14(13(18)8-10)28(22,24)25)16(23-27-9)11-3-2-4-12(7-11)26-17(19,20)21/h2-8H,1H3,(H2,22,24,25). The van der Waals surface area contributed by atoms with E-state index < -0.39 is 32.8 Å². The van der Waals surface area contributed by atoms with Crippen molar-refractivity contribution in [1.29, 1.82) is 0 Å². The van der Waals surface area contributed by atoms with Crippen molar-refractivity contribution in [3.8, 4) is 28.1 Å². The van der Waals surface area contributed by atoms with Crippen molar-refractivity contribution in [3.05, 3.63) is 54.0 Å². The molecule has 0 aliphatic heterocycles. The molecule has 0 fully saturated rings. The van der Waals surface area contributed by atoms with Gasteiger partial charge >= 0.3 is 6.36 Å². The predicted molar refractivity (Wildman–Crippen MR) is 90.1 cm³/mol. The molecule has 0 atom stereocenters. The summed E-state index contributed by atoms with van der Waals surface area (Å²) in [6, 6.07) is 8.22. The van der Waals surface area contributed by atoms with E-state index in [0.717, 1.165) is 24.3 Å². The average Bonchev–Trinajstić information content (AvgIpc) is 2.94. The van der Waals surface area contributed by atoms with Gasteiger partial charge in [0.05, 0.1) is 5.56 Å². The van der Waals surface area contributed by atoms with Crippen molar-refractivity contribution >= 4 is 10.0 Å². The van der Waals surface area contributed by atoms with Gasteiger partial charge in [0.1, 0.15) is 27.9 Å². The molecule has 0 unspecified atom stereocenters. The number of halogens is 4. The minimum atomic E-state index is -4.87. The number of rotatable bonds is 4. The van der Waals surface area contributed by atoms with E-state index in [1.165, 1.54) is 25.1 Å². The summed E-state index contributed by atoms with van der Waals surface area (Å²) in [5.74, 6) is -1.30. The van der Waals surface area contributed by atoms with Crippen LogP contribution >= 0.6 is 0 Å². The number of ether oxygens (including phenoxy) is 1. The normalized spacial score (nSPS) is 12.2. The molecular weight excluding hydrogens is 404 g/mol. The van der Waals surface area contributed by atoms with E-state index in [9.17, 15) is 26.0 Å². The molecule has 2 N–H and O–H groups in total. The molecule has 2 aromatic carbocycles. The van der Waals surface area contributed by atoms with E-state index in [2.05, 4.69) is 9.89 Å². The van der Waals surface area contributed by atoms with Crippen LogP contribution in [0.4, 0.5) is 17.6 Å². The second-order valence-corrected chi connectivity index (χ2v) is 7.26. The predicted octanol–water partition coefficient (Wildman–Crippen LogP) is 4.00. The molecule has 0 aliphatic rings. The molecular formula is C17H12F4N2O4S. The lowest BCUT2D eigenvalue weighted by molar-refractivity contribution is -0.274. The highest BCUT2D eigenvalue weighted by atomic mass is 32.2. The third kappa shape index (κ3) is 4.15. The Morgan fingerprint density at radius 1 is 1.11 bits per heavy atom. The van der Waals surface area contributed by atoms with Gasteiger partial charge in [0.25, 0.3) is 0 Å². The molecule has 0 saturated heterocycles. The van der Waals surface area contributed by atoms with E-state index in [1.54, 1.807) is 0 Å². The van der Waals surface area contributed by atoms with Gasteiger partial charge in [0.15, 0.2) is 0 Å². The zero-order valence-corrected chi connectivity index (χ0v) is 14.9. The maximum Gasteiger partial charge on any atom is 0.573 e. The van der Waals surface area contributed by atoms with E-state index in [-0.39, 0.29) is 28.1 Å². The minimum absolute atomic E-state index is 0.132. The van der Waals surface area contributed by atoms with Crippen LogP contribution in [0, 0.1) is 12.7 Å². The molecule has 28 heavy (non-hydrogen) atoms. The maximum absolute atomic E-state index is 14.2. The Hall–Kier alpha value is -2.92. The van der Waals surface area contributed by atoms with Gasteiger partial charge in [-0.15, -0.1) is 13.2 Å². The quantitative estimate of drug-likeness (QED) is 0.649. The summed E-state index contributed by atoms with van der Waals surface area (Å²) in [6.07, 6.45) is -4.87. The molecule has 6 nitrogen and oxygen atoms in total. The van der Waals surface area contributed by atoms with Crippen molar-refractivity contribution < 1.29 is 35.2 Å². The molecule has 0 amide bonds. The molecule has 0 spiro atoms. The first kappa shape index (κ1) is 19.8. The monoisotopic (exact) mass is 416 g/mol. The summed E-state index contributed by atoms with van der Waals surface area (Å²) < 4.78 is 83.2. The van der Waals surface area contributed by atoms with Gasteiger partial charge in [-0.25, -0.2) is 17.9 Å². The SMILES string of the molecule is Cc1onc(-c2cccc(OC(F)(F)F)c2)c1-c1ccc(S(N)(=O)=O)c(F)c1. The number of hydrogen-bond acceptors (Lipinski definition) is 5. The third-order valence-corrected chi connectivity index (χ3v) is 4.67. The zero-order valence-electron chi connectivity index (χ0n) is 14.1. The van der Waals surface area contributed by atoms with Crippen LogP contribution in [0.3, 0.4) is 0 Å². The van der Waals surface area contributed by atoms with Crippen LogP contribution in [0.2, 0.25) is 0 Å². The Kier molecular flexibility index (Phi) is 4.90. The first-order valence-corrected chi connectivity index (χ1v) is 9.15. The number of benzene rings is 2. The summed E-state index contributed by atoms with van der Waals surface area (Å²) in [6.45, 7) is 1.52. The number of hydrogen-bond donors (Lipinski definition) is 1. The van der Waals surface area contributed by atoms with Crippen LogP contribution in [0.25, 0.3) is 22.4 Å². The van der Waals surface area contributed by atoms with Crippen molar-refractivity contribution in [2.75, 3.05) is 0 Å². The fourth-order valence-electron chi connectivity index (χ4n) is 2.64. The number of primary sulfonamides is 1. The Morgan fingerprint density at radius 2 is 1.82 bits per heavy atom. The molecule has 0 radical (unpaired) electrons. The first-order valence-electron chi connectivity index (χ1n) is 7.61. The Labute approximate surface area is 156 Å². The number of sulfonamides is 1. The summed E-state index contributed by atoms with van der Waals surface area (Å²) in [5, 5.41) is 8.76. The molecule has 1 aromatic heterocycles. The minimum Gasteiger partial charge on any atom is -0.406 e. The lowest BCUT2D eigenvalue weighted by Gasteiger charge is -2.10. The molecule has 148 valence electrons. The molecule has 11 heteroatoms. The lowest BCUT2D eigenvalue weighted by Crippen LogP contribution is -2.17. The summed E-state index contributed by atoms with van der Waals surface area (Å²) >= 11 is 0. The fourth-order valence-corrected chi connectivity index (χ4v) is 3.23. The van der Waals surface area contributed by atoms with Crippen LogP contribution in [0.1, 0.15) is 5.76 Å². The van der Waals surface area contributed by atoms with Crippen LogP contribution in [-0.4, -0.2) is 19.9 Å². The molecule has 0 saturated carbocycles. The second-order valence-electron chi connectivity index (χ2n) is 5.73. The van der Waals surface area contributed by atoms with Crippen LogP contribution < -0.4 is 9.88 Å². The van der Waals surface area contributed by atoms with Gasteiger partial charge in [0.2, 0.25) is 10.0 Å². The Bertz CT molecular complexity index is 1140. The average molecular weight is 416 g/mol. The fraction of sp³-hybridized carbons (Fsp3) is 0.118. The second kappa shape index (κ2) is 6.91. The maximum atomic E-state index is 14.2. The number of nitrogens with two attached hydrogens (primary N) is 1. The first-order chi connectivity index (χ1) is 13.0. The highest BCUT2D eigenvalue weighted by molar-refractivity contribution is 7.89. The molecule has 3 rings (SSSR count). The lowest BCUT2D eigenvalue weighted by atomic mass is 9.99. The highest BCUT2D eigenvalue weighted by Crippen LogP contribution is 2.37. The van der Waals surface area contributed by atoms with Gasteiger partial charge in [-0.2, -0.15) is 0 Å². The van der Waals surface area contributed by atoms with Crippen LogP contribution in [0.5, 0.6) is 5.75 Å². The van der Waals surface area contributed by atoms with Gasteiger partial charge in [-0.1, -0.05) is 23.4 Å². The third-order valence-electron chi connectivity index (χ3n) is 3.73. The number of aryl methyl sites for hydroxylation is 1. The smallest absolute Gasteiger partial charge is 0.406 e. The van der Waals surface area contributed by atoms with Gasteiger partial charge in [-0.05, 0) is 36.8 Å². The Balaban J connectivity index is 2.09. The molecule has 1 heterocycles. The van der Waals surface area contributed by atoms with E-state index in [4.69, 9.17) is 9.66 Å². The Morgan fingerprint density at radius 3 is 2.43 bits per heavy atom. The largest absolute Gasteiger partial charge is 0.573 e. The van der Waals surface area contributed by atoms with Gasteiger partial charge in [0, 0.05) is 5.56 Å². The van der Waals surface area contributed by atoms with Crippen molar-refractivity contribution in [1.82, 2.24) is 5.16 Å². The molecule has 0 aliphatic carbocycles. The topological polar surface area (TPSA) is 95.4 Å². The van der Waals surface area contributed by atoms with Crippen molar-refractivity contribution in [2.24, 2.45) is 5.14 Å².